The Morgan fingerprint density at radius 1 is 1.11 bits per heavy atom. The molecule has 198 valence electrons. The molecular weight excluding hydrogens is 490 g/mol. The molecule has 0 heterocycles. The van der Waals surface area contributed by atoms with Crippen molar-refractivity contribution in [1.29, 1.82) is 0 Å². The van der Waals surface area contributed by atoms with Crippen molar-refractivity contribution >= 4 is 28.9 Å². The van der Waals surface area contributed by atoms with Gasteiger partial charge in [-0.25, -0.2) is 0 Å². The number of benzene rings is 2. The first-order chi connectivity index (χ1) is 17.8. The summed E-state index contributed by atoms with van der Waals surface area (Å²) < 4.78 is 0. The first-order valence-electron chi connectivity index (χ1n) is 12.2. The zero-order valence-corrected chi connectivity index (χ0v) is 21.1. The number of phenolic OH excluding ortho intramolecular Hbond substituents is 1. The molecule has 0 saturated heterocycles. The predicted molar refractivity (Wildman–Crippen MR) is 139 cm³/mol. The van der Waals surface area contributed by atoms with Crippen LogP contribution in [0.4, 0.5) is 5.69 Å². The molecular formula is C28H29N3O7. The number of primary amides is 1. The Morgan fingerprint density at radius 2 is 1.79 bits per heavy atom. The number of hydrogen-bond donors (Lipinski definition) is 6. The maximum absolute atomic E-state index is 13.9. The molecule has 3 aliphatic carbocycles. The molecule has 8 N–H and O–H groups in total. The summed E-state index contributed by atoms with van der Waals surface area (Å²) in [7, 11) is 3.12. The van der Waals surface area contributed by atoms with Gasteiger partial charge in [0.25, 0.3) is 5.91 Å². The maximum Gasteiger partial charge on any atom is 0.255 e. The number of anilines is 1. The van der Waals surface area contributed by atoms with Gasteiger partial charge in [-0.3, -0.25) is 19.3 Å². The van der Waals surface area contributed by atoms with E-state index in [0.29, 0.717) is 16.8 Å². The minimum absolute atomic E-state index is 0.0247. The van der Waals surface area contributed by atoms with Gasteiger partial charge in [-0.15, -0.1) is 0 Å². The number of aliphatic hydroxyl groups is 3. The second-order valence-corrected chi connectivity index (χ2v) is 10.5. The first-order valence-corrected chi connectivity index (χ1v) is 12.2. The lowest BCUT2D eigenvalue weighted by atomic mass is 9.57. The summed E-state index contributed by atoms with van der Waals surface area (Å²) in [5, 5.41) is 44.7. The van der Waals surface area contributed by atoms with Crippen LogP contribution in [-0.2, 0) is 20.8 Å². The number of nitrogens with zero attached hydrogens (tertiary/aromatic N) is 1. The summed E-state index contributed by atoms with van der Waals surface area (Å²) in [6, 6.07) is 7.50. The van der Waals surface area contributed by atoms with E-state index in [1.165, 1.54) is 11.0 Å². The maximum atomic E-state index is 13.9. The Hall–Kier alpha value is -4.15. The van der Waals surface area contributed by atoms with Crippen LogP contribution in [0.25, 0.3) is 16.9 Å². The molecule has 4 unspecified atom stereocenters. The lowest BCUT2D eigenvalue weighted by Gasteiger charge is -2.50. The molecule has 5 rings (SSSR count). The number of rotatable bonds is 3. The van der Waals surface area contributed by atoms with Crippen molar-refractivity contribution in [3.05, 3.63) is 63.9 Å². The van der Waals surface area contributed by atoms with Crippen molar-refractivity contribution in [2.75, 3.05) is 19.8 Å². The minimum atomic E-state index is -2.66. The lowest BCUT2D eigenvalue weighted by Crippen LogP contribution is -2.65. The van der Waals surface area contributed by atoms with Gasteiger partial charge in [0.2, 0.25) is 5.78 Å². The number of aromatic hydroxyl groups is 1. The number of likely N-dealkylation sites (N-methyl/N-ethyl adjacent to an activating group) is 1. The van der Waals surface area contributed by atoms with Crippen molar-refractivity contribution in [2.45, 2.75) is 31.4 Å². The van der Waals surface area contributed by atoms with Crippen LogP contribution in [0.2, 0.25) is 0 Å². The number of aliphatic hydroxyl groups excluding tert-OH is 2. The van der Waals surface area contributed by atoms with Gasteiger partial charge >= 0.3 is 0 Å². The fourth-order valence-corrected chi connectivity index (χ4v) is 6.32. The molecule has 10 heteroatoms. The molecule has 2 aromatic carbocycles. The Kier molecular flexibility index (Phi) is 5.66. The molecule has 4 atom stereocenters. The number of aryl methyl sites for hydroxylation is 1. The number of nitrogens with two attached hydrogens (primary N) is 2. The van der Waals surface area contributed by atoms with Crippen LogP contribution in [0, 0.1) is 18.8 Å². The third-order valence-corrected chi connectivity index (χ3v) is 8.19. The van der Waals surface area contributed by atoms with Crippen molar-refractivity contribution in [3.8, 4) is 16.9 Å². The third kappa shape index (κ3) is 3.30. The van der Waals surface area contributed by atoms with Crippen LogP contribution in [0.3, 0.4) is 0 Å². The summed E-state index contributed by atoms with van der Waals surface area (Å²) >= 11 is 0. The fraction of sp³-hybridized carbons (Fsp3) is 0.321. The highest BCUT2D eigenvalue weighted by Gasteiger charge is 2.64. The number of Topliss-reactive ketones (excluding diaryl/α,β-unsaturated/α-hetero) is 2. The normalized spacial score (nSPS) is 26.8. The Balaban J connectivity index is 1.74. The highest BCUT2D eigenvalue weighted by atomic mass is 16.3. The van der Waals surface area contributed by atoms with Crippen molar-refractivity contribution in [1.82, 2.24) is 4.90 Å². The largest absolute Gasteiger partial charge is 0.508 e. The average molecular weight is 520 g/mol. The van der Waals surface area contributed by atoms with E-state index in [9.17, 15) is 34.8 Å². The second kappa shape index (κ2) is 8.44. The van der Waals surface area contributed by atoms with Crippen molar-refractivity contribution in [3.63, 3.8) is 0 Å². The van der Waals surface area contributed by atoms with Gasteiger partial charge in [-0.05, 0) is 74.2 Å². The molecule has 0 radical (unpaired) electrons. The van der Waals surface area contributed by atoms with Gasteiger partial charge in [0, 0.05) is 17.2 Å². The van der Waals surface area contributed by atoms with Gasteiger partial charge in [-0.2, -0.15) is 0 Å². The monoisotopic (exact) mass is 519 g/mol. The van der Waals surface area contributed by atoms with Crippen molar-refractivity contribution in [2.24, 2.45) is 17.6 Å². The number of carbonyl (C=O) groups excluding carboxylic acids is 3. The Bertz CT molecular complexity index is 1510. The van der Waals surface area contributed by atoms with Gasteiger partial charge in [0.05, 0.1) is 11.6 Å². The van der Waals surface area contributed by atoms with Gasteiger partial charge in [0.15, 0.2) is 11.4 Å². The molecule has 1 fully saturated rings. The van der Waals surface area contributed by atoms with Crippen LogP contribution in [0.1, 0.15) is 23.1 Å². The van der Waals surface area contributed by atoms with E-state index in [0.717, 1.165) is 11.1 Å². The molecule has 38 heavy (non-hydrogen) atoms. The third-order valence-electron chi connectivity index (χ3n) is 8.19. The van der Waals surface area contributed by atoms with E-state index in [1.807, 2.05) is 19.1 Å². The van der Waals surface area contributed by atoms with E-state index >= 15 is 0 Å². The van der Waals surface area contributed by atoms with Crippen LogP contribution >= 0.6 is 0 Å². The van der Waals surface area contributed by atoms with Gasteiger partial charge in [-0.1, -0.05) is 18.2 Å². The van der Waals surface area contributed by atoms with E-state index in [-0.39, 0.29) is 29.7 Å². The highest BCUT2D eigenvalue weighted by Crippen LogP contribution is 2.53. The summed E-state index contributed by atoms with van der Waals surface area (Å²) in [5.74, 6) is -6.78. The number of ketones is 2. The quantitative estimate of drug-likeness (QED) is 0.258. The molecule has 1 saturated carbocycles. The summed E-state index contributed by atoms with van der Waals surface area (Å²) in [4.78, 5) is 40.6. The second-order valence-electron chi connectivity index (χ2n) is 10.5. The van der Waals surface area contributed by atoms with Crippen LogP contribution in [-0.4, -0.2) is 68.5 Å². The molecule has 10 nitrogen and oxygen atoms in total. The molecule has 1 amide bonds. The molecule has 0 aromatic heterocycles. The van der Waals surface area contributed by atoms with E-state index in [1.54, 1.807) is 26.2 Å². The molecule has 3 aliphatic rings. The molecule has 0 bridgehead atoms. The van der Waals surface area contributed by atoms with E-state index < -0.39 is 58.0 Å². The Labute approximate surface area is 218 Å². The zero-order valence-electron chi connectivity index (χ0n) is 21.1. The lowest BCUT2D eigenvalue weighted by molar-refractivity contribution is -0.153. The number of phenols is 1. The van der Waals surface area contributed by atoms with E-state index in [4.69, 9.17) is 11.5 Å². The highest BCUT2D eigenvalue weighted by molar-refractivity contribution is 6.24. The predicted octanol–water partition coefficient (Wildman–Crippen LogP) is 1.52. The smallest absolute Gasteiger partial charge is 0.255 e. The number of hydrogen-bond acceptors (Lipinski definition) is 9. The standard InChI is InChI=1S/C28H29N3O7/c1-11-4-5-12(10-17(11)29)14-6-7-18(32)20-15(14)8-13-9-16-22(31(2)3)24(34)21(27(30)37)26(36)28(16,38)25(35)19(13)23(20)33/h4-7,10,13,16,22,32-33,36,38H,8-9,29H2,1-3H3,(H2,30,37). The zero-order chi connectivity index (χ0) is 27.8. The van der Waals surface area contributed by atoms with E-state index in [2.05, 4.69) is 0 Å². The van der Waals surface area contributed by atoms with Crippen LogP contribution < -0.4 is 11.5 Å². The number of carbonyl (C=O) groups is 3. The number of fused-ring (bicyclic) bond motifs is 3. The SMILES string of the molecule is Cc1ccc(-c2ccc(O)c3c2CC2CC4C(N(C)C)C(=O)C(C(N)=O)=C(O)C4(O)C(=O)C2=C3O)cc1N. The molecule has 0 aliphatic heterocycles. The van der Waals surface area contributed by atoms with Crippen molar-refractivity contribution < 1.29 is 34.8 Å². The molecule has 0 spiro atoms. The summed E-state index contributed by atoms with van der Waals surface area (Å²) in [6.45, 7) is 1.88. The number of amides is 1. The fourth-order valence-electron chi connectivity index (χ4n) is 6.32. The summed E-state index contributed by atoms with van der Waals surface area (Å²) in [6.07, 6.45) is 0.225. The number of nitrogen functional groups attached to an aromatic ring is 1. The molecule has 2 aromatic rings. The average Bonchev–Trinajstić information content (AvgIpc) is 2.83. The van der Waals surface area contributed by atoms with Crippen LogP contribution in [0.15, 0.2) is 47.2 Å². The minimum Gasteiger partial charge on any atom is -0.508 e. The topological polar surface area (TPSA) is 187 Å². The summed E-state index contributed by atoms with van der Waals surface area (Å²) in [5.41, 5.74) is 11.3. The Morgan fingerprint density at radius 3 is 2.39 bits per heavy atom. The van der Waals surface area contributed by atoms with Gasteiger partial charge < -0.3 is 31.9 Å². The van der Waals surface area contributed by atoms with Gasteiger partial charge in [0.1, 0.15) is 22.8 Å². The first kappa shape index (κ1) is 25.5. The van der Waals surface area contributed by atoms with Crippen LogP contribution in [0.5, 0.6) is 5.75 Å².